The van der Waals surface area contributed by atoms with Crippen LogP contribution in [0.15, 0.2) is 36.5 Å². The number of rotatable bonds is 4. The fraction of sp³-hybridized carbons (Fsp3) is 0.250. The number of benzene rings is 1. The predicted octanol–water partition coefficient (Wildman–Crippen LogP) is 2.24. The minimum atomic E-state index is -0.945. The first kappa shape index (κ1) is 11.3. The monoisotopic (exact) mass is 205 g/mol. The Labute approximate surface area is 89.4 Å². The van der Waals surface area contributed by atoms with Crippen LogP contribution in [-0.2, 0) is 4.79 Å². The van der Waals surface area contributed by atoms with Crippen molar-refractivity contribution in [1.82, 2.24) is 5.32 Å². The van der Waals surface area contributed by atoms with Crippen LogP contribution in [0.25, 0.3) is 0 Å². The van der Waals surface area contributed by atoms with E-state index in [0.29, 0.717) is 0 Å². The summed E-state index contributed by atoms with van der Waals surface area (Å²) in [6.45, 7) is 4.02. The number of carboxylic acid groups (broad SMARTS) is 1. The van der Waals surface area contributed by atoms with Crippen molar-refractivity contribution in [2.45, 2.75) is 19.9 Å². The third-order valence-electron chi connectivity index (χ3n) is 2.11. The summed E-state index contributed by atoms with van der Waals surface area (Å²) in [7, 11) is 0. The molecule has 0 aliphatic carbocycles. The maximum atomic E-state index is 10.2. The standard InChI is InChI=1S/C12H15NO2/c1-9-4-3-5-11(8-9)10(2)13-7-6-12(14)15/h3-8,10,13H,1-2H3,(H,14,15)/b7-6+/t10-/m1/s1. The Morgan fingerprint density at radius 3 is 2.87 bits per heavy atom. The Kier molecular flexibility index (Phi) is 3.92. The molecule has 0 saturated carbocycles. The molecule has 0 radical (unpaired) electrons. The molecule has 3 heteroatoms. The van der Waals surface area contributed by atoms with Crippen molar-refractivity contribution in [2.24, 2.45) is 0 Å². The molecule has 0 aliphatic heterocycles. The molecule has 0 amide bonds. The van der Waals surface area contributed by atoms with Gasteiger partial charge in [-0.05, 0) is 19.4 Å². The van der Waals surface area contributed by atoms with Gasteiger partial charge in [0, 0.05) is 18.3 Å². The highest BCUT2D eigenvalue weighted by molar-refractivity contribution is 5.79. The van der Waals surface area contributed by atoms with Crippen LogP contribution in [0.3, 0.4) is 0 Å². The smallest absolute Gasteiger partial charge is 0.329 e. The molecular weight excluding hydrogens is 190 g/mol. The highest BCUT2D eigenvalue weighted by atomic mass is 16.4. The fourth-order valence-electron chi connectivity index (χ4n) is 1.30. The van der Waals surface area contributed by atoms with Gasteiger partial charge in [-0.3, -0.25) is 0 Å². The van der Waals surface area contributed by atoms with Crippen LogP contribution in [0.1, 0.15) is 24.1 Å². The summed E-state index contributed by atoms with van der Waals surface area (Å²) in [4.78, 5) is 10.2. The van der Waals surface area contributed by atoms with Crippen LogP contribution in [0.5, 0.6) is 0 Å². The number of carboxylic acids is 1. The zero-order chi connectivity index (χ0) is 11.3. The minimum absolute atomic E-state index is 0.112. The van der Waals surface area contributed by atoms with Gasteiger partial charge in [0.25, 0.3) is 0 Å². The molecule has 15 heavy (non-hydrogen) atoms. The van der Waals surface area contributed by atoms with Gasteiger partial charge in [0.2, 0.25) is 0 Å². The first-order chi connectivity index (χ1) is 7.09. The Hall–Kier alpha value is -1.77. The van der Waals surface area contributed by atoms with Gasteiger partial charge in [-0.25, -0.2) is 4.79 Å². The Morgan fingerprint density at radius 2 is 2.27 bits per heavy atom. The summed E-state index contributed by atoms with van der Waals surface area (Å²) in [6.07, 6.45) is 2.54. The van der Waals surface area contributed by atoms with Gasteiger partial charge in [-0.2, -0.15) is 0 Å². The third-order valence-corrected chi connectivity index (χ3v) is 2.11. The summed E-state index contributed by atoms with van der Waals surface area (Å²) in [5, 5.41) is 11.4. The van der Waals surface area contributed by atoms with Gasteiger partial charge >= 0.3 is 5.97 Å². The quantitative estimate of drug-likeness (QED) is 0.741. The van der Waals surface area contributed by atoms with E-state index in [1.807, 2.05) is 32.0 Å². The van der Waals surface area contributed by atoms with Gasteiger partial charge in [0.15, 0.2) is 0 Å². The van der Waals surface area contributed by atoms with Crippen LogP contribution >= 0.6 is 0 Å². The summed E-state index contributed by atoms with van der Waals surface area (Å²) in [6, 6.07) is 8.22. The molecule has 1 aromatic carbocycles. The molecule has 0 heterocycles. The fourth-order valence-corrected chi connectivity index (χ4v) is 1.30. The van der Waals surface area contributed by atoms with Crippen molar-refractivity contribution in [3.8, 4) is 0 Å². The van der Waals surface area contributed by atoms with E-state index in [0.717, 1.165) is 11.6 Å². The van der Waals surface area contributed by atoms with Gasteiger partial charge in [-0.1, -0.05) is 29.8 Å². The van der Waals surface area contributed by atoms with Crippen LogP contribution in [0, 0.1) is 6.92 Å². The molecule has 1 rings (SSSR count). The van der Waals surface area contributed by atoms with E-state index in [1.165, 1.54) is 11.8 Å². The summed E-state index contributed by atoms with van der Waals surface area (Å²) < 4.78 is 0. The topological polar surface area (TPSA) is 49.3 Å². The van der Waals surface area contributed by atoms with Crippen LogP contribution in [0.2, 0.25) is 0 Å². The zero-order valence-corrected chi connectivity index (χ0v) is 8.90. The molecule has 0 spiro atoms. The lowest BCUT2D eigenvalue weighted by atomic mass is 10.1. The van der Waals surface area contributed by atoms with Crippen LogP contribution in [-0.4, -0.2) is 11.1 Å². The third kappa shape index (κ3) is 3.85. The summed E-state index contributed by atoms with van der Waals surface area (Å²) in [5.74, 6) is -0.945. The van der Waals surface area contributed by atoms with Crippen LogP contribution < -0.4 is 5.32 Å². The molecule has 0 unspecified atom stereocenters. The number of aryl methyl sites for hydroxylation is 1. The molecule has 0 fully saturated rings. The van der Waals surface area contributed by atoms with Crippen molar-refractivity contribution in [3.63, 3.8) is 0 Å². The first-order valence-electron chi connectivity index (χ1n) is 4.81. The van der Waals surface area contributed by atoms with E-state index in [1.54, 1.807) is 0 Å². The van der Waals surface area contributed by atoms with Crippen LogP contribution in [0.4, 0.5) is 0 Å². The Balaban J connectivity index is 2.61. The average molecular weight is 205 g/mol. The number of carbonyl (C=O) groups is 1. The molecule has 0 aromatic heterocycles. The van der Waals surface area contributed by atoms with Crippen molar-refractivity contribution in [2.75, 3.05) is 0 Å². The first-order valence-corrected chi connectivity index (χ1v) is 4.81. The lowest BCUT2D eigenvalue weighted by Crippen LogP contribution is -2.12. The molecule has 80 valence electrons. The largest absolute Gasteiger partial charge is 0.478 e. The maximum absolute atomic E-state index is 10.2. The van der Waals surface area contributed by atoms with E-state index < -0.39 is 5.97 Å². The number of hydrogen-bond acceptors (Lipinski definition) is 2. The lowest BCUT2D eigenvalue weighted by Gasteiger charge is -2.12. The second-order valence-electron chi connectivity index (χ2n) is 3.47. The second-order valence-corrected chi connectivity index (χ2v) is 3.47. The van der Waals surface area contributed by atoms with E-state index >= 15 is 0 Å². The second kappa shape index (κ2) is 5.20. The molecular formula is C12H15NO2. The van der Waals surface area contributed by atoms with Gasteiger partial charge in [0.05, 0.1) is 0 Å². The maximum Gasteiger partial charge on any atom is 0.329 e. The van der Waals surface area contributed by atoms with E-state index in [-0.39, 0.29) is 6.04 Å². The highest BCUT2D eigenvalue weighted by Crippen LogP contribution is 2.13. The molecule has 2 N–H and O–H groups in total. The average Bonchev–Trinajstić information content (AvgIpc) is 2.17. The molecule has 0 bridgehead atoms. The Bertz CT molecular complexity index is 372. The van der Waals surface area contributed by atoms with Crippen molar-refractivity contribution in [3.05, 3.63) is 47.7 Å². The molecule has 1 atom stereocenters. The number of nitrogens with one attached hydrogen (secondary N) is 1. The van der Waals surface area contributed by atoms with Crippen molar-refractivity contribution < 1.29 is 9.90 Å². The summed E-state index contributed by atoms with van der Waals surface area (Å²) in [5.41, 5.74) is 2.34. The lowest BCUT2D eigenvalue weighted by molar-refractivity contribution is -0.131. The number of hydrogen-bond donors (Lipinski definition) is 2. The molecule has 0 aliphatic rings. The predicted molar refractivity (Wildman–Crippen MR) is 59.5 cm³/mol. The van der Waals surface area contributed by atoms with Crippen molar-refractivity contribution in [1.29, 1.82) is 0 Å². The normalized spacial score (nSPS) is 12.7. The molecule has 3 nitrogen and oxygen atoms in total. The van der Waals surface area contributed by atoms with Gasteiger partial charge in [-0.15, -0.1) is 0 Å². The SMILES string of the molecule is Cc1cccc([C@@H](C)N/C=C/C(=O)O)c1. The van der Waals surface area contributed by atoms with E-state index in [9.17, 15) is 4.79 Å². The highest BCUT2D eigenvalue weighted by Gasteiger charge is 2.01. The zero-order valence-electron chi connectivity index (χ0n) is 8.90. The van der Waals surface area contributed by atoms with Gasteiger partial charge in [0.1, 0.15) is 0 Å². The molecule has 0 saturated heterocycles. The summed E-state index contributed by atoms with van der Waals surface area (Å²) >= 11 is 0. The van der Waals surface area contributed by atoms with E-state index in [2.05, 4.69) is 11.4 Å². The number of aliphatic carboxylic acids is 1. The minimum Gasteiger partial charge on any atom is -0.478 e. The van der Waals surface area contributed by atoms with E-state index in [4.69, 9.17) is 5.11 Å². The van der Waals surface area contributed by atoms with Crippen molar-refractivity contribution >= 4 is 5.97 Å². The Morgan fingerprint density at radius 1 is 1.53 bits per heavy atom. The van der Waals surface area contributed by atoms with Gasteiger partial charge < -0.3 is 10.4 Å². The molecule has 1 aromatic rings.